The van der Waals surface area contributed by atoms with E-state index in [4.69, 9.17) is 14.2 Å². The summed E-state index contributed by atoms with van der Waals surface area (Å²) in [5.41, 5.74) is 1.49. The van der Waals surface area contributed by atoms with Gasteiger partial charge in [0.05, 0.1) is 24.4 Å². The van der Waals surface area contributed by atoms with E-state index in [0.29, 0.717) is 18.0 Å². The highest BCUT2D eigenvalue weighted by Crippen LogP contribution is 2.25. The fourth-order valence-corrected chi connectivity index (χ4v) is 2.96. The van der Waals surface area contributed by atoms with E-state index >= 15 is 0 Å². The van der Waals surface area contributed by atoms with Gasteiger partial charge >= 0.3 is 0 Å². The summed E-state index contributed by atoms with van der Waals surface area (Å²) in [6, 6.07) is 15.0. The number of benzene rings is 2. The Labute approximate surface area is 166 Å². The lowest BCUT2D eigenvalue weighted by Gasteiger charge is -2.15. The molecule has 1 saturated heterocycles. The molecule has 0 aromatic heterocycles. The average Bonchev–Trinajstić information content (AvgIpc) is 3.20. The lowest BCUT2D eigenvalue weighted by Crippen LogP contribution is -2.22. The molecule has 0 aliphatic carbocycles. The maximum Gasteiger partial charge on any atom is 0.243 e. The molecule has 0 saturated carbocycles. The highest BCUT2D eigenvalue weighted by molar-refractivity contribution is 5.95. The molecule has 0 spiro atoms. The zero-order chi connectivity index (χ0) is 19.8. The van der Waals surface area contributed by atoms with Crippen LogP contribution in [0.1, 0.15) is 26.7 Å². The van der Waals surface area contributed by atoms with E-state index in [1.54, 1.807) is 0 Å². The minimum atomic E-state index is -0.148. The molecule has 6 heteroatoms. The first-order chi connectivity index (χ1) is 13.6. The zero-order valence-corrected chi connectivity index (χ0v) is 16.4. The number of anilines is 2. The first kappa shape index (κ1) is 20.0. The third-order valence-corrected chi connectivity index (χ3v) is 4.27. The molecule has 1 aliphatic rings. The lowest BCUT2D eigenvalue weighted by atomic mass is 10.2. The van der Waals surface area contributed by atoms with Crippen molar-refractivity contribution in [3.8, 4) is 11.5 Å². The number of hydrogen-bond acceptors (Lipinski definition) is 5. The summed E-state index contributed by atoms with van der Waals surface area (Å²) < 4.78 is 17.1. The molecule has 1 fully saturated rings. The molecule has 1 amide bonds. The number of ether oxygens (including phenoxy) is 3. The van der Waals surface area contributed by atoms with Crippen LogP contribution in [0.4, 0.5) is 11.4 Å². The van der Waals surface area contributed by atoms with Crippen molar-refractivity contribution >= 4 is 17.3 Å². The molecule has 2 N–H and O–H groups in total. The van der Waals surface area contributed by atoms with Crippen LogP contribution in [0, 0.1) is 0 Å². The molecule has 0 radical (unpaired) electrons. The first-order valence-corrected chi connectivity index (χ1v) is 9.74. The Balaban J connectivity index is 1.50. The maximum atomic E-state index is 12.3. The van der Waals surface area contributed by atoms with Crippen molar-refractivity contribution in [2.45, 2.75) is 38.9 Å². The number of carbonyl (C=O) groups excluding carboxylic acids is 1. The fourth-order valence-electron chi connectivity index (χ4n) is 2.96. The van der Waals surface area contributed by atoms with Crippen molar-refractivity contribution in [2.24, 2.45) is 0 Å². The number of hydrogen-bond donors (Lipinski definition) is 2. The van der Waals surface area contributed by atoms with Gasteiger partial charge in [0.25, 0.3) is 0 Å². The van der Waals surface area contributed by atoms with E-state index in [1.165, 1.54) is 0 Å². The minimum Gasteiger partial charge on any atom is -0.491 e. The molecule has 1 atom stereocenters. The van der Waals surface area contributed by atoms with Gasteiger partial charge in [0, 0.05) is 18.4 Å². The number of nitrogens with one attached hydrogen (secondary N) is 2. The molecule has 6 nitrogen and oxygen atoms in total. The summed E-state index contributed by atoms with van der Waals surface area (Å²) in [5, 5.41) is 6.02. The first-order valence-electron chi connectivity index (χ1n) is 9.74. The van der Waals surface area contributed by atoms with Crippen LogP contribution in [0.3, 0.4) is 0 Å². The van der Waals surface area contributed by atoms with Gasteiger partial charge in [-0.15, -0.1) is 0 Å². The topological polar surface area (TPSA) is 68.8 Å². The van der Waals surface area contributed by atoms with Gasteiger partial charge in [0.1, 0.15) is 18.1 Å². The van der Waals surface area contributed by atoms with Crippen LogP contribution in [0.25, 0.3) is 0 Å². The summed E-state index contributed by atoms with van der Waals surface area (Å²) in [6.07, 6.45) is 2.35. The molecule has 2 aromatic rings. The summed E-state index contributed by atoms with van der Waals surface area (Å²) in [5.74, 6) is 1.28. The summed E-state index contributed by atoms with van der Waals surface area (Å²) in [7, 11) is 0. The van der Waals surface area contributed by atoms with Gasteiger partial charge in [0.2, 0.25) is 5.91 Å². The van der Waals surface area contributed by atoms with E-state index in [2.05, 4.69) is 10.6 Å². The Hall–Kier alpha value is -2.73. The molecule has 3 rings (SSSR count). The van der Waals surface area contributed by atoms with E-state index in [-0.39, 0.29) is 24.7 Å². The summed E-state index contributed by atoms with van der Waals surface area (Å²) in [4.78, 5) is 12.3. The van der Waals surface area contributed by atoms with Gasteiger partial charge in [-0.25, -0.2) is 0 Å². The Morgan fingerprint density at radius 1 is 1.21 bits per heavy atom. The highest BCUT2D eigenvalue weighted by atomic mass is 16.5. The van der Waals surface area contributed by atoms with Crippen molar-refractivity contribution in [3.63, 3.8) is 0 Å². The number of para-hydroxylation sites is 2. The van der Waals surface area contributed by atoms with E-state index in [9.17, 15) is 4.79 Å². The van der Waals surface area contributed by atoms with Gasteiger partial charge in [-0.2, -0.15) is 0 Å². The predicted molar refractivity (Wildman–Crippen MR) is 110 cm³/mol. The third kappa shape index (κ3) is 6.16. The zero-order valence-electron chi connectivity index (χ0n) is 16.4. The van der Waals surface area contributed by atoms with Crippen LogP contribution in [-0.4, -0.2) is 37.9 Å². The third-order valence-electron chi connectivity index (χ3n) is 4.27. The van der Waals surface area contributed by atoms with Crippen LogP contribution in [0.15, 0.2) is 48.5 Å². The van der Waals surface area contributed by atoms with Gasteiger partial charge < -0.3 is 24.8 Å². The van der Waals surface area contributed by atoms with E-state index < -0.39 is 0 Å². The largest absolute Gasteiger partial charge is 0.491 e. The second-order valence-electron chi connectivity index (χ2n) is 7.04. The Bertz CT molecular complexity index is 773. The van der Waals surface area contributed by atoms with E-state index in [1.807, 2.05) is 62.4 Å². The monoisotopic (exact) mass is 384 g/mol. The van der Waals surface area contributed by atoms with Crippen molar-refractivity contribution in [3.05, 3.63) is 48.5 Å². The normalized spacial score (nSPS) is 16.0. The molecule has 1 aliphatic heterocycles. The molecule has 28 heavy (non-hydrogen) atoms. The van der Waals surface area contributed by atoms with Crippen LogP contribution in [-0.2, 0) is 9.53 Å². The smallest absolute Gasteiger partial charge is 0.243 e. The Morgan fingerprint density at radius 3 is 2.86 bits per heavy atom. The summed E-state index contributed by atoms with van der Waals surface area (Å²) in [6.45, 7) is 5.42. The number of carbonyl (C=O) groups is 1. The lowest BCUT2D eigenvalue weighted by molar-refractivity contribution is -0.114. The number of amides is 1. The predicted octanol–water partition coefficient (Wildman–Crippen LogP) is 4.08. The molecular formula is C22H28N2O4. The van der Waals surface area contributed by atoms with Crippen LogP contribution >= 0.6 is 0 Å². The summed E-state index contributed by atoms with van der Waals surface area (Å²) >= 11 is 0. The van der Waals surface area contributed by atoms with Gasteiger partial charge in [-0.1, -0.05) is 18.2 Å². The standard InChI is InChI=1S/C22H28N2O4/c1-16(2)28-21-11-4-3-10-20(21)24-22(25)14-23-17-7-5-8-18(13-17)27-15-19-9-6-12-26-19/h3-5,7-8,10-11,13,16,19,23H,6,9,12,14-15H2,1-2H3,(H,24,25). The molecule has 1 heterocycles. The molecule has 0 bridgehead atoms. The van der Waals surface area contributed by atoms with Crippen molar-refractivity contribution in [1.29, 1.82) is 0 Å². The molecule has 1 unspecified atom stereocenters. The van der Waals surface area contributed by atoms with Crippen LogP contribution < -0.4 is 20.1 Å². The quantitative estimate of drug-likeness (QED) is 0.682. The van der Waals surface area contributed by atoms with Gasteiger partial charge in [-0.3, -0.25) is 4.79 Å². The van der Waals surface area contributed by atoms with Crippen molar-refractivity contribution in [1.82, 2.24) is 0 Å². The Kier molecular flexibility index (Phi) is 7.14. The average molecular weight is 384 g/mol. The fraction of sp³-hybridized carbons (Fsp3) is 0.409. The minimum absolute atomic E-state index is 0.0357. The van der Waals surface area contributed by atoms with Crippen LogP contribution in [0.5, 0.6) is 11.5 Å². The second kappa shape index (κ2) is 9.99. The van der Waals surface area contributed by atoms with Crippen molar-refractivity contribution in [2.75, 3.05) is 30.4 Å². The molecule has 2 aromatic carbocycles. The van der Waals surface area contributed by atoms with E-state index in [0.717, 1.165) is 30.9 Å². The maximum absolute atomic E-state index is 12.3. The van der Waals surface area contributed by atoms with Gasteiger partial charge in [-0.05, 0) is 51.0 Å². The van der Waals surface area contributed by atoms with Crippen LogP contribution in [0.2, 0.25) is 0 Å². The Morgan fingerprint density at radius 2 is 2.07 bits per heavy atom. The SMILES string of the molecule is CC(C)Oc1ccccc1NC(=O)CNc1cccc(OCC2CCCO2)c1. The van der Waals surface area contributed by atoms with Crippen molar-refractivity contribution < 1.29 is 19.0 Å². The number of rotatable bonds is 9. The second-order valence-corrected chi connectivity index (χ2v) is 7.04. The highest BCUT2D eigenvalue weighted by Gasteiger charge is 2.16. The molecular weight excluding hydrogens is 356 g/mol. The van der Waals surface area contributed by atoms with Gasteiger partial charge in [0.15, 0.2) is 0 Å². The molecule has 150 valence electrons.